The molecule has 0 aromatic heterocycles. The predicted molar refractivity (Wildman–Crippen MR) is 91.4 cm³/mol. The van der Waals surface area contributed by atoms with E-state index in [4.69, 9.17) is 4.99 Å². The molecule has 0 saturated heterocycles. The van der Waals surface area contributed by atoms with Crippen molar-refractivity contribution in [1.82, 2.24) is 0 Å². The molecule has 1 aromatic rings. The van der Waals surface area contributed by atoms with Crippen LogP contribution in [0.1, 0.15) is 51.0 Å². The minimum atomic E-state index is 0.131. The van der Waals surface area contributed by atoms with Gasteiger partial charge in [-0.05, 0) is 43.2 Å². The van der Waals surface area contributed by atoms with Crippen molar-refractivity contribution in [3.63, 3.8) is 0 Å². The molecule has 0 bridgehead atoms. The smallest absolute Gasteiger partial charge is 0.0663 e. The highest BCUT2D eigenvalue weighted by molar-refractivity contribution is 5.71. The minimum Gasteiger partial charge on any atom is -0.260 e. The van der Waals surface area contributed by atoms with E-state index in [0.29, 0.717) is 11.8 Å². The number of allylic oxidation sites excluding steroid dienone is 4. The van der Waals surface area contributed by atoms with Gasteiger partial charge in [0.2, 0.25) is 0 Å². The van der Waals surface area contributed by atoms with Crippen molar-refractivity contribution >= 4 is 11.9 Å². The van der Waals surface area contributed by atoms with Crippen molar-refractivity contribution in [2.45, 2.75) is 45.4 Å². The number of nitrogens with zero attached hydrogens (tertiary/aromatic N) is 1. The second-order valence-corrected chi connectivity index (χ2v) is 6.86. The average molecular weight is 279 g/mol. The van der Waals surface area contributed by atoms with E-state index in [1.54, 1.807) is 0 Å². The Hall–Kier alpha value is -1.63. The first kappa shape index (κ1) is 14.3. The Labute approximate surface area is 128 Å². The number of hydrogen-bond acceptors (Lipinski definition) is 1. The lowest BCUT2D eigenvalue weighted by Crippen LogP contribution is -2.22. The summed E-state index contributed by atoms with van der Waals surface area (Å²) < 4.78 is 0. The lowest BCUT2D eigenvalue weighted by atomic mass is 9.79. The predicted octanol–water partition coefficient (Wildman–Crippen LogP) is 5.81. The molecule has 0 spiro atoms. The molecule has 0 amide bonds. The van der Waals surface area contributed by atoms with Crippen molar-refractivity contribution in [1.29, 1.82) is 0 Å². The molecule has 2 aliphatic carbocycles. The van der Waals surface area contributed by atoms with Gasteiger partial charge in [-0.25, -0.2) is 0 Å². The summed E-state index contributed by atoms with van der Waals surface area (Å²) in [6.07, 6.45) is 16.3. The SMILES string of the molecule is CC(C)(C=Nc1ccccc1C1C=CCC1)C1C=CCC1. The number of aliphatic imine (C=N–C) groups is 1. The fraction of sp³-hybridized carbons (Fsp3) is 0.450. The summed E-state index contributed by atoms with van der Waals surface area (Å²) in [5, 5.41) is 0. The van der Waals surface area contributed by atoms with E-state index in [0.717, 1.165) is 5.69 Å². The van der Waals surface area contributed by atoms with E-state index < -0.39 is 0 Å². The summed E-state index contributed by atoms with van der Waals surface area (Å²) in [7, 11) is 0. The molecule has 0 N–H and O–H groups in total. The monoisotopic (exact) mass is 279 g/mol. The van der Waals surface area contributed by atoms with Crippen molar-refractivity contribution in [2.24, 2.45) is 16.3 Å². The first-order valence-corrected chi connectivity index (χ1v) is 8.14. The third-order valence-electron chi connectivity index (χ3n) is 4.85. The van der Waals surface area contributed by atoms with Crippen molar-refractivity contribution in [2.75, 3.05) is 0 Å². The highest BCUT2D eigenvalue weighted by Crippen LogP contribution is 2.37. The van der Waals surface area contributed by atoms with Gasteiger partial charge in [0.25, 0.3) is 0 Å². The zero-order chi connectivity index (χ0) is 14.7. The molecule has 0 aliphatic heterocycles. The van der Waals surface area contributed by atoms with E-state index in [-0.39, 0.29) is 5.41 Å². The summed E-state index contributed by atoms with van der Waals surface area (Å²) in [6, 6.07) is 8.61. The number of benzene rings is 1. The summed E-state index contributed by atoms with van der Waals surface area (Å²) in [6.45, 7) is 4.60. The van der Waals surface area contributed by atoms with Crippen molar-refractivity contribution in [3.8, 4) is 0 Å². The standard InChI is InChI=1S/C20H25N/c1-20(2,17-11-5-6-12-17)15-21-19-14-8-7-13-18(19)16-9-3-4-10-16/h3,5,7-9,11,13-17H,4,6,10,12H2,1-2H3. The highest BCUT2D eigenvalue weighted by Gasteiger charge is 2.27. The maximum atomic E-state index is 4.87. The maximum Gasteiger partial charge on any atom is 0.0663 e. The molecule has 3 rings (SSSR count). The maximum absolute atomic E-state index is 4.87. The molecule has 0 heterocycles. The van der Waals surface area contributed by atoms with Gasteiger partial charge in [0.15, 0.2) is 0 Å². The molecule has 21 heavy (non-hydrogen) atoms. The molecule has 2 unspecified atom stereocenters. The van der Waals surface area contributed by atoms with Crippen LogP contribution >= 0.6 is 0 Å². The fourth-order valence-corrected chi connectivity index (χ4v) is 3.39. The Morgan fingerprint density at radius 2 is 1.81 bits per heavy atom. The Morgan fingerprint density at radius 1 is 1.05 bits per heavy atom. The fourth-order valence-electron chi connectivity index (χ4n) is 3.39. The molecule has 0 saturated carbocycles. The van der Waals surface area contributed by atoms with Gasteiger partial charge in [-0.3, -0.25) is 4.99 Å². The van der Waals surface area contributed by atoms with Crippen LogP contribution in [0.15, 0.2) is 53.6 Å². The molecule has 0 radical (unpaired) electrons. The van der Waals surface area contributed by atoms with E-state index >= 15 is 0 Å². The first-order chi connectivity index (χ1) is 10.2. The van der Waals surface area contributed by atoms with Crippen LogP contribution in [0, 0.1) is 11.3 Å². The molecule has 110 valence electrons. The van der Waals surface area contributed by atoms with Gasteiger partial charge in [0.05, 0.1) is 5.69 Å². The van der Waals surface area contributed by atoms with Crippen LogP contribution in [-0.4, -0.2) is 6.21 Å². The normalized spacial score (nSPS) is 25.2. The van der Waals surface area contributed by atoms with E-state index in [1.807, 2.05) is 0 Å². The molecular weight excluding hydrogens is 254 g/mol. The van der Waals surface area contributed by atoms with Crippen LogP contribution in [0.5, 0.6) is 0 Å². The third-order valence-corrected chi connectivity index (χ3v) is 4.85. The largest absolute Gasteiger partial charge is 0.260 e. The average Bonchev–Trinajstić information content (AvgIpc) is 3.18. The van der Waals surface area contributed by atoms with Crippen LogP contribution in [0.4, 0.5) is 5.69 Å². The first-order valence-electron chi connectivity index (χ1n) is 8.14. The van der Waals surface area contributed by atoms with Gasteiger partial charge >= 0.3 is 0 Å². The number of para-hydroxylation sites is 1. The van der Waals surface area contributed by atoms with Crippen molar-refractivity contribution in [3.05, 3.63) is 54.1 Å². The zero-order valence-electron chi connectivity index (χ0n) is 13.1. The number of hydrogen-bond donors (Lipinski definition) is 0. The van der Waals surface area contributed by atoms with Gasteiger partial charge in [0.1, 0.15) is 0 Å². The van der Waals surface area contributed by atoms with Crippen LogP contribution in [0.25, 0.3) is 0 Å². The lowest BCUT2D eigenvalue weighted by Gasteiger charge is -2.26. The molecular formula is C20H25N. The van der Waals surface area contributed by atoms with E-state index in [2.05, 4.69) is 68.6 Å². The molecule has 0 fully saturated rings. The van der Waals surface area contributed by atoms with Gasteiger partial charge in [-0.1, -0.05) is 56.4 Å². The molecule has 2 aliphatic rings. The molecule has 1 nitrogen and oxygen atoms in total. The molecule has 2 atom stereocenters. The molecule has 1 aromatic carbocycles. The second kappa shape index (κ2) is 6.01. The van der Waals surface area contributed by atoms with Gasteiger partial charge in [-0.2, -0.15) is 0 Å². The topological polar surface area (TPSA) is 12.4 Å². The summed E-state index contributed by atoms with van der Waals surface area (Å²) in [4.78, 5) is 4.87. The summed E-state index contributed by atoms with van der Waals surface area (Å²) in [5.74, 6) is 1.17. The van der Waals surface area contributed by atoms with Gasteiger partial charge in [0, 0.05) is 17.5 Å². The third kappa shape index (κ3) is 3.18. The van der Waals surface area contributed by atoms with Gasteiger partial charge < -0.3 is 0 Å². The van der Waals surface area contributed by atoms with Crippen LogP contribution in [0.2, 0.25) is 0 Å². The van der Waals surface area contributed by atoms with E-state index in [1.165, 1.54) is 31.2 Å². The lowest BCUT2D eigenvalue weighted by molar-refractivity contribution is 0.379. The zero-order valence-corrected chi connectivity index (χ0v) is 13.1. The number of rotatable bonds is 4. The van der Waals surface area contributed by atoms with Crippen LogP contribution < -0.4 is 0 Å². The quantitative estimate of drug-likeness (QED) is 0.487. The Balaban J connectivity index is 1.82. The van der Waals surface area contributed by atoms with E-state index in [9.17, 15) is 0 Å². The Morgan fingerprint density at radius 3 is 2.52 bits per heavy atom. The summed E-state index contributed by atoms with van der Waals surface area (Å²) in [5.41, 5.74) is 2.65. The Bertz CT molecular complexity index is 577. The second-order valence-electron chi connectivity index (χ2n) is 6.86. The van der Waals surface area contributed by atoms with Gasteiger partial charge in [-0.15, -0.1) is 0 Å². The van der Waals surface area contributed by atoms with Crippen LogP contribution in [0.3, 0.4) is 0 Å². The Kier molecular flexibility index (Phi) is 4.10. The highest BCUT2D eigenvalue weighted by atomic mass is 14.7. The van der Waals surface area contributed by atoms with Crippen molar-refractivity contribution < 1.29 is 0 Å². The minimum absolute atomic E-state index is 0.131. The molecule has 1 heteroatoms. The summed E-state index contributed by atoms with van der Waals surface area (Å²) >= 11 is 0. The van der Waals surface area contributed by atoms with Crippen LogP contribution in [-0.2, 0) is 0 Å².